The molecule has 0 aromatic carbocycles. The Hall–Kier alpha value is -0.570. The minimum absolute atomic E-state index is 0.117. The number of hydrogen-bond donors (Lipinski definition) is 1. The predicted octanol–water partition coefficient (Wildman–Crippen LogP) is 0.834. The molecule has 1 N–H and O–H groups in total. The Bertz CT molecular complexity index is 195. The molecule has 0 bridgehead atoms. The highest BCUT2D eigenvalue weighted by Crippen LogP contribution is 2.33. The van der Waals surface area contributed by atoms with Gasteiger partial charge in [0.05, 0.1) is 6.61 Å². The van der Waals surface area contributed by atoms with E-state index in [9.17, 15) is 4.79 Å². The lowest BCUT2D eigenvalue weighted by Gasteiger charge is -2.09. The first-order valence-corrected chi connectivity index (χ1v) is 4.72. The molecule has 68 valence electrons. The van der Waals surface area contributed by atoms with E-state index in [1.54, 1.807) is 0 Å². The largest absolute Gasteiger partial charge is 0.359 e. The molecule has 2 rings (SSSR count). The third-order valence-corrected chi connectivity index (χ3v) is 2.47. The van der Waals surface area contributed by atoms with Gasteiger partial charge in [-0.2, -0.15) is 0 Å². The van der Waals surface area contributed by atoms with Crippen LogP contribution < -0.4 is 5.32 Å². The van der Waals surface area contributed by atoms with Crippen LogP contribution in [0, 0.1) is 0 Å². The fourth-order valence-corrected chi connectivity index (χ4v) is 1.42. The Morgan fingerprint density at radius 2 is 2.33 bits per heavy atom. The normalized spacial score (nSPS) is 33.1. The Labute approximate surface area is 72.5 Å². The molecule has 1 saturated heterocycles. The van der Waals surface area contributed by atoms with Gasteiger partial charge in [-0.3, -0.25) is 4.79 Å². The summed E-state index contributed by atoms with van der Waals surface area (Å²) in [6, 6.07) is 0.454. The van der Waals surface area contributed by atoms with Crippen molar-refractivity contribution in [2.45, 2.75) is 44.2 Å². The van der Waals surface area contributed by atoms with Crippen LogP contribution >= 0.6 is 0 Å². The van der Waals surface area contributed by atoms with Crippen LogP contribution in [0.3, 0.4) is 0 Å². The van der Waals surface area contributed by atoms with Gasteiger partial charge in [0.1, 0.15) is 0 Å². The number of carbonyl (C=O) groups excluding carboxylic acids is 1. The van der Waals surface area contributed by atoms with Crippen molar-refractivity contribution >= 4 is 5.91 Å². The first-order valence-electron chi connectivity index (χ1n) is 4.72. The summed E-state index contributed by atoms with van der Waals surface area (Å²) in [5.41, 5.74) is -0.419. The Balaban J connectivity index is 1.84. The van der Waals surface area contributed by atoms with Crippen LogP contribution in [0.15, 0.2) is 0 Å². The molecule has 3 heteroatoms. The van der Waals surface area contributed by atoms with E-state index in [-0.39, 0.29) is 5.91 Å². The van der Waals surface area contributed by atoms with Gasteiger partial charge in [0, 0.05) is 6.04 Å². The van der Waals surface area contributed by atoms with Crippen LogP contribution in [-0.4, -0.2) is 24.2 Å². The number of nitrogens with one attached hydrogen (secondary N) is 1. The van der Waals surface area contributed by atoms with Crippen LogP contribution in [0.5, 0.6) is 0 Å². The van der Waals surface area contributed by atoms with Crippen LogP contribution in [0.2, 0.25) is 0 Å². The lowest BCUT2D eigenvalue weighted by atomic mass is 10.0. The van der Waals surface area contributed by atoms with Gasteiger partial charge in [0.2, 0.25) is 0 Å². The summed E-state index contributed by atoms with van der Waals surface area (Å²) in [5, 5.41) is 2.98. The number of hydrogen-bond acceptors (Lipinski definition) is 2. The van der Waals surface area contributed by atoms with Gasteiger partial charge < -0.3 is 10.1 Å². The first kappa shape index (κ1) is 8.05. The molecule has 3 nitrogen and oxygen atoms in total. The van der Waals surface area contributed by atoms with E-state index >= 15 is 0 Å². The summed E-state index contributed by atoms with van der Waals surface area (Å²) in [6.45, 7) is 2.70. The third kappa shape index (κ3) is 1.46. The zero-order valence-corrected chi connectivity index (χ0v) is 7.43. The second kappa shape index (κ2) is 2.73. The molecule has 0 radical (unpaired) electrons. The van der Waals surface area contributed by atoms with Gasteiger partial charge in [-0.15, -0.1) is 0 Å². The van der Waals surface area contributed by atoms with E-state index in [4.69, 9.17) is 4.74 Å². The molecular formula is C9H15NO2. The second-order valence-electron chi connectivity index (χ2n) is 3.78. The van der Waals surface area contributed by atoms with Gasteiger partial charge in [0.25, 0.3) is 5.91 Å². The SMILES string of the molecule is CCCC1(C(=O)NC2CC2)CO1. The number of rotatable bonds is 4. The van der Waals surface area contributed by atoms with Crippen molar-refractivity contribution in [1.29, 1.82) is 0 Å². The van der Waals surface area contributed by atoms with E-state index in [1.807, 2.05) is 0 Å². The molecule has 1 saturated carbocycles. The summed E-state index contributed by atoms with van der Waals surface area (Å²) >= 11 is 0. The molecule has 1 amide bonds. The van der Waals surface area contributed by atoms with E-state index in [0.29, 0.717) is 12.6 Å². The van der Waals surface area contributed by atoms with Crippen molar-refractivity contribution in [3.8, 4) is 0 Å². The van der Waals surface area contributed by atoms with E-state index in [1.165, 1.54) is 0 Å². The fraction of sp³-hybridized carbons (Fsp3) is 0.889. The standard InChI is InChI=1S/C9H15NO2/c1-2-5-9(6-12-9)8(11)10-7-3-4-7/h7H,2-6H2,1H3,(H,10,11). The van der Waals surface area contributed by atoms with Crippen LogP contribution in [0.1, 0.15) is 32.6 Å². The second-order valence-corrected chi connectivity index (χ2v) is 3.78. The van der Waals surface area contributed by atoms with Crippen molar-refractivity contribution in [3.05, 3.63) is 0 Å². The Morgan fingerprint density at radius 3 is 2.75 bits per heavy atom. The van der Waals surface area contributed by atoms with Crippen LogP contribution in [-0.2, 0) is 9.53 Å². The highest BCUT2D eigenvalue weighted by Gasteiger charge is 2.52. The molecule has 1 atom stereocenters. The molecular weight excluding hydrogens is 154 g/mol. The molecule has 1 heterocycles. The van der Waals surface area contributed by atoms with Crippen LogP contribution in [0.25, 0.3) is 0 Å². The van der Waals surface area contributed by atoms with Crippen molar-refractivity contribution < 1.29 is 9.53 Å². The Kier molecular flexibility index (Phi) is 1.83. The lowest BCUT2D eigenvalue weighted by Crippen LogP contribution is -2.38. The summed E-state index contributed by atoms with van der Waals surface area (Å²) in [4.78, 5) is 11.5. The highest BCUT2D eigenvalue weighted by atomic mass is 16.6. The number of epoxide rings is 1. The molecule has 0 spiro atoms. The molecule has 12 heavy (non-hydrogen) atoms. The van der Waals surface area contributed by atoms with Gasteiger partial charge in [0.15, 0.2) is 5.60 Å². The molecule has 1 aliphatic heterocycles. The predicted molar refractivity (Wildman–Crippen MR) is 44.8 cm³/mol. The molecule has 1 aliphatic carbocycles. The van der Waals surface area contributed by atoms with E-state index < -0.39 is 5.60 Å². The van der Waals surface area contributed by atoms with Gasteiger partial charge in [-0.1, -0.05) is 13.3 Å². The highest BCUT2D eigenvalue weighted by molar-refractivity contribution is 5.88. The van der Waals surface area contributed by atoms with E-state index in [2.05, 4.69) is 12.2 Å². The maximum Gasteiger partial charge on any atom is 0.254 e. The topological polar surface area (TPSA) is 41.6 Å². The average molecular weight is 169 g/mol. The minimum atomic E-state index is -0.419. The van der Waals surface area contributed by atoms with Crippen molar-refractivity contribution in [3.63, 3.8) is 0 Å². The maximum atomic E-state index is 11.5. The van der Waals surface area contributed by atoms with Crippen LogP contribution in [0.4, 0.5) is 0 Å². The molecule has 0 aromatic rings. The number of carbonyl (C=O) groups is 1. The molecule has 2 fully saturated rings. The van der Waals surface area contributed by atoms with Gasteiger partial charge >= 0.3 is 0 Å². The molecule has 0 aromatic heterocycles. The fourth-order valence-electron chi connectivity index (χ4n) is 1.42. The minimum Gasteiger partial charge on any atom is -0.359 e. The summed E-state index contributed by atoms with van der Waals surface area (Å²) in [5.74, 6) is 0.117. The average Bonchev–Trinajstić information content (AvgIpc) is 2.82. The third-order valence-electron chi connectivity index (χ3n) is 2.47. The first-order chi connectivity index (χ1) is 5.77. The smallest absolute Gasteiger partial charge is 0.254 e. The summed E-state index contributed by atoms with van der Waals surface area (Å²) in [7, 11) is 0. The molecule has 1 unspecified atom stereocenters. The van der Waals surface area contributed by atoms with E-state index in [0.717, 1.165) is 25.7 Å². The quantitative estimate of drug-likeness (QED) is 0.633. The zero-order chi connectivity index (χ0) is 8.60. The zero-order valence-electron chi connectivity index (χ0n) is 7.43. The maximum absolute atomic E-state index is 11.5. The van der Waals surface area contributed by atoms with Gasteiger partial charge in [-0.05, 0) is 19.3 Å². The van der Waals surface area contributed by atoms with Crippen molar-refractivity contribution in [1.82, 2.24) is 5.32 Å². The lowest BCUT2D eigenvalue weighted by molar-refractivity contribution is -0.126. The van der Waals surface area contributed by atoms with Crippen molar-refractivity contribution in [2.24, 2.45) is 0 Å². The van der Waals surface area contributed by atoms with Gasteiger partial charge in [-0.25, -0.2) is 0 Å². The molecule has 2 aliphatic rings. The summed E-state index contributed by atoms with van der Waals surface area (Å²) < 4.78 is 5.21. The summed E-state index contributed by atoms with van der Waals surface area (Å²) in [6.07, 6.45) is 4.17. The Morgan fingerprint density at radius 1 is 1.67 bits per heavy atom. The van der Waals surface area contributed by atoms with Crippen molar-refractivity contribution in [2.75, 3.05) is 6.61 Å². The monoisotopic (exact) mass is 169 g/mol. The number of ether oxygens (including phenoxy) is 1. The number of amides is 1.